The highest BCUT2D eigenvalue weighted by Gasteiger charge is 2.24. The van der Waals surface area contributed by atoms with Crippen molar-refractivity contribution in [1.29, 1.82) is 0 Å². The Kier molecular flexibility index (Phi) is 3.03. The summed E-state index contributed by atoms with van der Waals surface area (Å²) >= 11 is 0. The summed E-state index contributed by atoms with van der Waals surface area (Å²) < 4.78 is 24.5. The van der Waals surface area contributed by atoms with E-state index in [1.54, 1.807) is 10.9 Å². The highest BCUT2D eigenvalue weighted by atomic mass is 32.2. The van der Waals surface area contributed by atoms with Gasteiger partial charge < -0.3 is 5.32 Å². The highest BCUT2D eigenvalue weighted by molar-refractivity contribution is 7.90. The number of rotatable bonds is 2. The Morgan fingerprint density at radius 3 is 2.88 bits per heavy atom. The van der Waals surface area contributed by atoms with Crippen molar-refractivity contribution in [2.24, 2.45) is 5.92 Å². The minimum absolute atomic E-state index is 0.303. The van der Waals surface area contributed by atoms with E-state index in [1.165, 1.54) is 12.5 Å². The maximum Gasteiger partial charge on any atom is 0.178 e. The fraction of sp³-hybridized carbons (Fsp3) is 0.700. The van der Waals surface area contributed by atoms with Gasteiger partial charge in [-0.15, -0.1) is 0 Å². The summed E-state index contributed by atoms with van der Waals surface area (Å²) in [5, 5.41) is 7.48. The average molecular weight is 243 g/mol. The first kappa shape index (κ1) is 11.6. The number of aromatic nitrogens is 2. The molecule has 16 heavy (non-hydrogen) atoms. The van der Waals surface area contributed by atoms with Crippen molar-refractivity contribution >= 4 is 9.84 Å². The molecule has 0 aromatic carbocycles. The zero-order valence-corrected chi connectivity index (χ0v) is 10.4. The van der Waals surface area contributed by atoms with Gasteiger partial charge in [-0.1, -0.05) is 6.92 Å². The van der Waals surface area contributed by atoms with Crippen molar-refractivity contribution in [3.8, 4) is 0 Å². The quantitative estimate of drug-likeness (QED) is 0.819. The van der Waals surface area contributed by atoms with Crippen LogP contribution in [-0.2, 0) is 9.84 Å². The summed E-state index contributed by atoms with van der Waals surface area (Å²) in [6.07, 6.45) is 5.28. The van der Waals surface area contributed by atoms with Crippen LogP contribution in [0.4, 0.5) is 0 Å². The number of hydrogen-bond donors (Lipinski definition) is 1. The molecule has 0 aliphatic carbocycles. The largest absolute Gasteiger partial charge is 0.316 e. The molecule has 1 aromatic rings. The first-order valence-electron chi connectivity index (χ1n) is 5.43. The summed E-state index contributed by atoms with van der Waals surface area (Å²) in [6.45, 7) is 4.07. The van der Waals surface area contributed by atoms with Crippen molar-refractivity contribution < 1.29 is 8.42 Å². The van der Waals surface area contributed by atoms with Crippen molar-refractivity contribution in [3.63, 3.8) is 0 Å². The minimum atomic E-state index is -3.14. The van der Waals surface area contributed by atoms with Crippen LogP contribution in [0, 0.1) is 5.92 Å². The Morgan fingerprint density at radius 1 is 1.56 bits per heavy atom. The van der Waals surface area contributed by atoms with E-state index in [2.05, 4.69) is 17.3 Å². The van der Waals surface area contributed by atoms with E-state index in [-0.39, 0.29) is 0 Å². The van der Waals surface area contributed by atoms with E-state index in [4.69, 9.17) is 0 Å². The van der Waals surface area contributed by atoms with Crippen LogP contribution in [-0.4, -0.2) is 37.5 Å². The van der Waals surface area contributed by atoms with E-state index in [1.807, 2.05) is 0 Å². The maximum atomic E-state index is 11.3. The summed E-state index contributed by atoms with van der Waals surface area (Å²) in [7, 11) is -3.14. The molecule has 1 aliphatic heterocycles. The van der Waals surface area contributed by atoms with Gasteiger partial charge in [-0.25, -0.2) is 8.42 Å². The van der Waals surface area contributed by atoms with Crippen LogP contribution in [0.25, 0.3) is 0 Å². The predicted molar refractivity (Wildman–Crippen MR) is 61.0 cm³/mol. The monoisotopic (exact) mass is 243 g/mol. The first-order valence-corrected chi connectivity index (χ1v) is 7.32. The molecule has 1 aliphatic rings. The molecule has 0 amide bonds. The molecule has 1 fully saturated rings. The molecular weight excluding hydrogens is 226 g/mol. The number of nitrogens with zero attached hydrogens (tertiary/aromatic N) is 2. The molecule has 0 saturated carbocycles. The lowest BCUT2D eigenvalue weighted by atomic mass is 9.96. The van der Waals surface area contributed by atoms with Gasteiger partial charge in [0.05, 0.1) is 12.2 Å². The third-order valence-corrected chi connectivity index (χ3v) is 4.15. The molecular formula is C10H17N3O2S. The van der Waals surface area contributed by atoms with Crippen molar-refractivity contribution in [3.05, 3.63) is 12.4 Å². The molecule has 1 N–H and O–H groups in total. The van der Waals surface area contributed by atoms with E-state index in [9.17, 15) is 8.42 Å². The summed E-state index contributed by atoms with van der Waals surface area (Å²) in [5.74, 6) is 0.473. The molecule has 2 rings (SSSR count). The molecule has 1 saturated heterocycles. The van der Waals surface area contributed by atoms with Crippen LogP contribution in [0.2, 0.25) is 0 Å². The van der Waals surface area contributed by atoms with Gasteiger partial charge in [-0.05, 0) is 25.4 Å². The lowest BCUT2D eigenvalue weighted by Crippen LogP contribution is -2.36. The molecule has 5 nitrogen and oxygen atoms in total. The standard InChI is InChI=1S/C10H17N3O2S/c1-8-5-11-4-3-10(8)13-7-9(6-12-13)16(2,14)15/h6-8,10-11H,3-5H2,1-2H3. The summed E-state index contributed by atoms with van der Waals surface area (Å²) in [4.78, 5) is 0.304. The predicted octanol–water partition coefficient (Wildman–Crippen LogP) is 0.457. The molecule has 2 unspecified atom stereocenters. The smallest absolute Gasteiger partial charge is 0.178 e. The zero-order valence-electron chi connectivity index (χ0n) is 9.55. The fourth-order valence-electron chi connectivity index (χ4n) is 2.09. The molecule has 6 heteroatoms. The number of nitrogens with one attached hydrogen (secondary N) is 1. The van der Waals surface area contributed by atoms with Gasteiger partial charge in [0, 0.05) is 12.5 Å². The second-order valence-corrected chi connectivity index (χ2v) is 6.48. The second kappa shape index (κ2) is 4.18. The van der Waals surface area contributed by atoms with E-state index < -0.39 is 9.84 Å². The van der Waals surface area contributed by atoms with Crippen LogP contribution in [0.1, 0.15) is 19.4 Å². The molecule has 2 atom stereocenters. The van der Waals surface area contributed by atoms with Crippen molar-refractivity contribution in [2.45, 2.75) is 24.3 Å². The number of hydrogen-bond acceptors (Lipinski definition) is 4. The SMILES string of the molecule is CC1CNCCC1n1cc(S(C)(=O)=O)cn1. The lowest BCUT2D eigenvalue weighted by Gasteiger charge is -2.29. The molecule has 0 spiro atoms. The van der Waals surface area contributed by atoms with E-state index in [0.29, 0.717) is 16.9 Å². The van der Waals surface area contributed by atoms with Crippen LogP contribution in [0.3, 0.4) is 0 Å². The first-order chi connectivity index (χ1) is 7.48. The highest BCUT2D eigenvalue weighted by Crippen LogP contribution is 2.24. The third-order valence-electron chi connectivity index (χ3n) is 3.09. The van der Waals surface area contributed by atoms with Gasteiger partial charge in [0.1, 0.15) is 4.90 Å². The zero-order chi connectivity index (χ0) is 11.8. The summed E-state index contributed by atoms with van der Waals surface area (Å²) in [5.41, 5.74) is 0. The van der Waals surface area contributed by atoms with Crippen LogP contribution < -0.4 is 5.32 Å². The van der Waals surface area contributed by atoms with Crippen molar-refractivity contribution in [1.82, 2.24) is 15.1 Å². The lowest BCUT2D eigenvalue weighted by molar-refractivity contribution is 0.255. The van der Waals surface area contributed by atoms with Crippen LogP contribution in [0.5, 0.6) is 0 Å². The topological polar surface area (TPSA) is 64.0 Å². The molecule has 0 radical (unpaired) electrons. The number of piperidine rings is 1. The average Bonchev–Trinajstić information content (AvgIpc) is 2.66. The summed E-state index contributed by atoms with van der Waals surface area (Å²) in [6, 6.07) is 0.303. The second-order valence-electron chi connectivity index (χ2n) is 4.47. The molecule has 2 heterocycles. The Balaban J connectivity index is 2.24. The Hall–Kier alpha value is -0.880. The van der Waals surface area contributed by atoms with Gasteiger partial charge in [0.15, 0.2) is 9.84 Å². The molecule has 0 bridgehead atoms. The fourth-order valence-corrected chi connectivity index (χ4v) is 2.62. The Morgan fingerprint density at radius 2 is 2.31 bits per heavy atom. The molecule has 90 valence electrons. The van der Waals surface area contributed by atoms with Gasteiger partial charge >= 0.3 is 0 Å². The number of sulfone groups is 1. The normalized spacial score (nSPS) is 26.9. The van der Waals surface area contributed by atoms with Gasteiger partial charge in [0.2, 0.25) is 0 Å². The van der Waals surface area contributed by atoms with Crippen LogP contribution >= 0.6 is 0 Å². The van der Waals surface area contributed by atoms with E-state index in [0.717, 1.165) is 19.5 Å². The molecule has 1 aromatic heterocycles. The van der Waals surface area contributed by atoms with Gasteiger partial charge in [-0.3, -0.25) is 4.68 Å². The Labute approximate surface area is 95.8 Å². The van der Waals surface area contributed by atoms with Crippen LogP contribution in [0.15, 0.2) is 17.3 Å². The minimum Gasteiger partial charge on any atom is -0.316 e. The van der Waals surface area contributed by atoms with Gasteiger partial charge in [0.25, 0.3) is 0 Å². The van der Waals surface area contributed by atoms with E-state index >= 15 is 0 Å². The van der Waals surface area contributed by atoms with Gasteiger partial charge in [-0.2, -0.15) is 5.10 Å². The van der Waals surface area contributed by atoms with Crippen molar-refractivity contribution in [2.75, 3.05) is 19.3 Å². The third kappa shape index (κ3) is 2.27. The maximum absolute atomic E-state index is 11.3. The Bertz CT molecular complexity index is 466.